The summed E-state index contributed by atoms with van der Waals surface area (Å²) in [6.45, 7) is 6.14. The monoisotopic (exact) mass is 191 g/mol. The highest BCUT2D eigenvalue weighted by Gasteiger charge is 2.11. The van der Waals surface area contributed by atoms with Gasteiger partial charge in [0.25, 0.3) is 0 Å². The molecule has 2 nitrogen and oxygen atoms in total. The Bertz CT molecular complexity index is 320. The van der Waals surface area contributed by atoms with Crippen molar-refractivity contribution in [2.24, 2.45) is 5.92 Å². The Kier molecular flexibility index (Phi) is 3.81. The maximum atomic E-state index is 11.8. The van der Waals surface area contributed by atoms with Crippen LogP contribution in [0.3, 0.4) is 0 Å². The van der Waals surface area contributed by atoms with Gasteiger partial charge in [-0.05, 0) is 24.5 Å². The number of carbonyl (C=O) groups is 1. The smallest absolute Gasteiger partial charge is 0.163 e. The molecule has 1 aromatic heterocycles. The first-order valence-corrected chi connectivity index (χ1v) is 5.09. The van der Waals surface area contributed by atoms with E-state index in [1.165, 1.54) is 0 Å². The van der Waals surface area contributed by atoms with Gasteiger partial charge in [0, 0.05) is 24.4 Å². The van der Waals surface area contributed by atoms with Crippen LogP contribution in [0.4, 0.5) is 0 Å². The third-order valence-corrected chi connectivity index (χ3v) is 2.55. The molecule has 1 unspecified atom stereocenters. The maximum Gasteiger partial charge on any atom is 0.163 e. The molecule has 1 rings (SSSR count). The minimum atomic E-state index is 0.235. The summed E-state index contributed by atoms with van der Waals surface area (Å²) in [5.74, 6) is 0.703. The van der Waals surface area contributed by atoms with Crippen molar-refractivity contribution in [2.75, 3.05) is 0 Å². The van der Waals surface area contributed by atoms with Gasteiger partial charge in [-0.25, -0.2) is 0 Å². The first-order valence-electron chi connectivity index (χ1n) is 5.09. The first kappa shape index (κ1) is 10.9. The Labute approximate surface area is 85.4 Å². The third kappa shape index (κ3) is 2.66. The molecule has 1 atom stereocenters. The fraction of sp³-hybridized carbons (Fsp3) is 0.500. The summed E-state index contributed by atoms with van der Waals surface area (Å²) in [4.78, 5) is 15.8. The van der Waals surface area contributed by atoms with Crippen LogP contribution in [0.2, 0.25) is 0 Å². The number of hydrogen-bond acceptors (Lipinski definition) is 2. The van der Waals surface area contributed by atoms with E-state index in [0.29, 0.717) is 12.3 Å². The van der Waals surface area contributed by atoms with Crippen molar-refractivity contribution in [3.8, 4) is 0 Å². The average molecular weight is 191 g/mol. The lowest BCUT2D eigenvalue weighted by molar-refractivity contribution is 0.0963. The lowest BCUT2D eigenvalue weighted by Gasteiger charge is -2.08. The number of aromatic nitrogens is 1. The summed E-state index contributed by atoms with van der Waals surface area (Å²) in [5, 5.41) is 0. The van der Waals surface area contributed by atoms with Crippen LogP contribution < -0.4 is 0 Å². The second-order valence-electron chi connectivity index (χ2n) is 3.83. The van der Waals surface area contributed by atoms with Gasteiger partial charge in [0.2, 0.25) is 0 Å². The normalized spacial score (nSPS) is 12.5. The van der Waals surface area contributed by atoms with Gasteiger partial charge in [-0.1, -0.05) is 20.3 Å². The second kappa shape index (κ2) is 4.89. The van der Waals surface area contributed by atoms with E-state index in [1.807, 2.05) is 6.92 Å². The van der Waals surface area contributed by atoms with Crippen LogP contribution in [0.1, 0.15) is 42.6 Å². The number of nitrogens with zero attached hydrogens (tertiary/aromatic N) is 1. The average Bonchev–Trinajstić information content (AvgIpc) is 2.18. The zero-order valence-electron chi connectivity index (χ0n) is 9.08. The van der Waals surface area contributed by atoms with Crippen LogP contribution in [0.5, 0.6) is 0 Å². The van der Waals surface area contributed by atoms with Gasteiger partial charge >= 0.3 is 0 Å². The van der Waals surface area contributed by atoms with Crippen LogP contribution in [0, 0.1) is 12.8 Å². The van der Waals surface area contributed by atoms with Gasteiger partial charge in [0.05, 0.1) is 0 Å². The highest BCUT2D eigenvalue weighted by molar-refractivity contribution is 5.97. The standard InChI is InChI=1S/C12H17NO/c1-4-9(2)7-12(14)11-5-6-13-8-10(11)3/h5-6,8-9H,4,7H2,1-3H3. The highest BCUT2D eigenvalue weighted by atomic mass is 16.1. The van der Waals surface area contributed by atoms with Crippen molar-refractivity contribution in [1.29, 1.82) is 0 Å². The van der Waals surface area contributed by atoms with Gasteiger partial charge in [-0.15, -0.1) is 0 Å². The number of ketones is 1. The van der Waals surface area contributed by atoms with E-state index in [0.717, 1.165) is 17.5 Å². The molecule has 1 aromatic rings. The molecule has 0 bridgehead atoms. The summed E-state index contributed by atoms with van der Waals surface area (Å²) in [5.41, 5.74) is 1.79. The quantitative estimate of drug-likeness (QED) is 0.685. The van der Waals surface area contributed by atoms with Gasteiger partial charge in [-0.2, -0.15) is 0 Å². The van der Waals surface area contributed by atoms with Crippen LogP contribution in [0.15, 0.2) is 18.5 Å². The largest absolute Gasteiger partial charge is 0.294 e. The topological polar surface area (TPSA) is 30.0 Å². The van der Waals surface area contributed by atoms with Gasteiger partial charge in [0.15, 0.2) is 5.78 Å². The molecule has 14 heavy (non-hydrogen) atoms. The Morgan fingerprint density at radius 2 is 2.29 bits per heavy atom. The van der Waals surface area contributed by atoms with E-state index in [9.17, 15) is 4.79 Å². The molecule has 0 spiro atoms. The molecule has 76 valence electrons. The number of hydrogen-bond donors (Lipinski definition) is 0. The Hall–Kier alpha value is -1.18. The predicted molar refractivity (Wildman–Crippen MR) is 57.4 cm³/mol. The molecule has 0 saturated carbocycles. The van der Waals surface area contributed by atoms with E-state index in [1.54, 1.807) is 18.5 Å². The van der Waals surface area contributed by atoms with E-state index in [2.05, 4.69) is 18.8 Å². The van der Waals surface area contributed by atoms with Crippen molar-refractivity contribution in [3.63, 3.8) is 0 Å². The summed E-state index contributed by atoms with van der Waals surface area (Å²) in [7, 11) is 0. The zero-order valence-corrected chi connectivity index (χ0v) is 9.08. The molecule has 0 aliphatic carbocycles. The Morgan fingerprint density at radius 3 is 2.86 bits per heavy atom. The molecule has 0 fully saturated rings. The number of Topliss-reactive ketones (excluding diaryl/α,β-unsaturated/α-hetero) is 1. The van der Waals surface area contributed by atoms with Gasteiger partial charge in [0.1, 0.15) is 0 Å². The first-order chi connectivity index (χ1) is 6.65. The highest BCUT2D eigenvalue weighted by Crippen LogP contribution is 2.14. The molecular weight excluding hydrogens is 174 g/mol. The third-order valence-electron chi connectivity index (χ3n) is 2.55. The maximum absolute atomic E-state index is 11.8. The van der Waals surface area contributed by atoms with Crippen molar-refractivity contribution in [2.45, 2.75) is 33.6 Å². The second-order valence-corrected chi connectivity index (χ2v) is 3.83. The molecule has 0 aliphatic heterocycles. The van der Waals surface area contributed by atoms with Crippen LogP contribution in [-0.4, -0.2) is 10.8 Å². The SMILES string of the molecule is CCC(C)CC(=O)c1ccncc1C. The fourth-order valence-corrected chi connectivity index (χ4v) is 1.36. The molecular formula is C12H17NO. The van der Waals surface area contributed by atoms with E-state index in [4.69, 9.17) is 0 Å². The van der Waals surface area contributed by atoms with E-state index >= 15 is 0 Å². The van der Waals surface area contributed by atoms with E-state index < -0.39 is 0 Å². The Balaban J connectivity index is 2.75. The molecule has 0 aromatic carbocycles. The zero-order chi connectivity index (χ0) is 10.6. The number of aryl methyl sites for hydroxylation is 1. The van der Waals surface area contributed by atoms with E-state index in [-0.39, 0.29) is 5.78 Å². The van der Waals surface area contributed by atoms with Crippen molar-refractivity contribution in [1.82, 2.24) is 4.98 Å². The molecule has 0 radical (unpaired) electrons. The van der Waals surface area contributed by atoms with Gasteiger partial charge in [-0.3, -0.25) is 9.78 Å². The molecule has 0 N–H and O–H groups in total. The lowest BCUT2D eigenvalue weighted by atomic mass is 9.96. The summed E-state index contributed by atoms with van der Waals surface area (Å²) in [6.07, 6.45) is 5.11. The van der Waals surface area contributed by atoms with Crippen molar-refractivity contribution in [3.05, 3.63) is 29.6 Å². The van der Waals surface area contributed by atoms with Crippen molar-refractivity contribution < 1.29 is 4.79 Å². The number of rotatable bonds is 4. The molecule has 1 heterocycles. The predicted octanol–water partition coefficient (Wildman–Crippen LogP) is 3.01. The molecule has 0 amide bonds. The summed E-state index contributed by atoms with van der Waals surface area (Å²) >= 11 is 0. The minimum absolute atomic E-state index is 0.235. The van der Waals surface area contributed by atoms with Crippen LogP contribution in [-0.2, 0) is 0 Å². The molecule has 0 saturated heterocycles. The van der Waals surface area contributed by atoms with Crippen LogP contribution in [0.25, 0.3) is 0 Å². The van der Waals surface area contributed by atoms with Crippen molar-refractivity contribution >= 4 is 5.78 Å². The lowest BCUT2D eigenvalue weighted by Crippen LogP contribution is -2.07. The Morgan fingerprint density at radius 1 is 1.57 bits per heavy atom. The van der Waals surface area contributed by atoms with Crippen LogP contribution >= 0.6 is 0 Å². The van der Waals surface area contributed by atoms with Gasteiger partial charge < -0.3 is 0 Å². The summed E-state index contributed by atoms with van der Waals surface area (Å²) < 4.78 is 0. The number of carbonyl (C=O) groups excluding carboxylic acids is 1. The summed E-state index contributed by atoms with van der Waals surface area (Å²) in [6, 6.07) is 1.81. The fourth-order valence-electron chi connectivity index (χ4n) is 1.36. The molecule has 2 heteroatoms. The number of pyridine rings is 1. The molecule has 0 aliphatic rings. The minimum Gasteiger partial charge on any atom is -0.294 e.